The lowest BCUT2D eigenvalue weighted by Crippen LogP contribution is -2.27. The molecule has 0 N–H and O–H groups in total. The molecule has 0 unspecified atom stereocenters. The monoisotopic (exact) mass is 762 g/mol. The van der Waals surface area contributed by atoms with Crippen LogP contribution in [0, 0.1) is 0 Å². The Kier molecular flexibility index (Phi) is 8.54. The van der Waals surface area contributed by atoms with Crippen molar-refractivity contribution in [3.05, 3.63) is 228 Å². The fourth-order valence-corrected chi connectivity index (χ4v) is 9.62. The molecule has 0 radical (unpaired) electrons. The molecule has 288 valence electrons. The van der Waals surface area contributed by atoms with Crippen molar-refractivity contribution < 1.29 is 0 Å². The number of fused-ring (bicyclic) bond motifs is 10. The minimum Gasteiger partial charge on any atom is -0.311 e. The fourth-order valence-electron chi connectivity index (χ4n) is 9.62. The van der Waals surface area contributed by atoms with E-state index in [1.807, 2.05) is 0 Å². The molecule has 2 aliphatic carbocycles. The number of anilines is 6. The molecule has 0 saturated heterocycles. The predicted octanol–water partition coefficient (Wildman–Crippen LogP) is 15.6. The average molecular weight is 763 g/mol. The zero-order valence-corrected chi connectivity index (χ0v) is 34.9. The van der Waals surface area contributed by atoms with Crippen LogP contribution in [0.4, 0.5) is 34.1 Å². The highest BCUT2D eigenvalue weighted by Crippen LogP contribution is 2.64. The highest BCUT2D eigenvalue weighted by atomic mass is 15.2. The Morgan fingerprint density at radius 1 is 0.288 bits per heavy atom. The molecule has 0 heterocycles. The van der Waals surface area contributed by atoms with Crippen LogP contribution in [0.25, 0.3) is 22.3 Å². The van der Waals surface area contributed by atoms with Crippen molar-refractivity contribution in [1.82, 2.24) is 0 Å². The Morgan fingerprint density at radius 3 is 1.05 bits per heavy atom. The lowest BCUT2D eigenvalue weighted by atomic mass is 9.68. The van der Waals surface area contributed by atoms with E-state index in [9.17, 15) is 0 Å². The van der Waals surface area contributed by atoms with Crippen molar-refractivity contribution in [3.8, 4) is 22.3 Å². The highest BCUT2D eigenvalue weighted by molar-refractivity contribution is 5.96. The van der Waals surface area contributed by atoms with Crippen molar-refractivity contribution in [1.29, 1.82) is 0 Å². The molecule has 8 aromatic carbocycles. The minimum absolute atomic E-state index is 0.00274. The van der Waals surface area contributed by atoms with Crippen LogP contribution in [0.5, 0.6) is 0 Å². The number of nitrogens with zero attached hydrogens (tertiary/aromatic N) is 2. The predicted molar refractivity (Wildman–Crippen MR) is 250 cm³/mol. The molecule has 0 aromatic heterocycles. The molecular formula is C57H50N2. The summed E-state index contributed by atoms with van der Waals surface area (Å²) in [7, 11) is 0. The van der Waals surface area contributed by atoms with E-state index in [-0.39, 0.29) is 10.8 Å². The molecular weight excluding hydrogens is 713 g/mol. The Hall–Kier alpha value is -6.64. The second kappa shape index (κ2) is 13.7. The molecule has 2 nitrogen and oxygen atoms in total. The third kappa shape index (κ3) is 5.92. The van der Waals surface area contributed by atoms with Crippen molar-refractivity contribution in [2.24, 2.45) is 0 Å². The first-order chi connectivity index (χ1) is 28.5. The van der Waals surface area contributed by atoms with Crippen LogP contribution in [0.3, 0.4) is 0 Å². The van der Waals surface area contributed by atoms with Gasteiger partial charge in [-0.1, -0.05) is 163 Å². The van der Waals surface area contributed by atoms with Gasteiger partial charge in [-0.05, 0) is 139 Å². The molecule has 2 heteroatoms. The van der Waals surface area contributed by atoms with Gasteiger partial charge in [-0.25, -0.2) is 0 Å². The van der Waals surface area contributed by atoms with Crippen molar-refractivity contribution in [3.63, 3.8) is 0 Å². The quantitative estimate of drug-likeness (QED) is 0.166. The summed E-state index contributed by atoms with van der Waals surface area (Å²) in [5, 5.41) is 0. The van der Waals surface area contributed by atoms with Crippen LogP contribution in [-0.4, -0.2) is 0 Å². The van der Waals surface area contributed by atoms with Crippen LogP contribution in [0.15, 0.2) is 194 Å². The third-order valence-corrected chi connectivity index (χ3v) is 12.6. The molecule has 2 aliphatic rings. The molecule has 1 spiro atoms. The zero-order chi connectivity index (χ0) is 40.5. The fraction of sp³-hybridized carbons (Fsp3) is 0.158. The normalized spacial score (nSPS) is 13.4. The summed E-state index contributed by atoms with van der Waals surface area (Å²) >= 11 is 0. The van der Waals surface area contributed by atoms with Crippen molar-refractivity contribution in [2.45, 2.75) is 57.8 Å². The first-order valence-electron chi connectivity index (χ1n) is 20.9. The Bertz CT molecular complexity index is 2720. The third-order valence-electron chi connectivity index (χ3n) is 12.6. The zero-order valence-electron chi connectivity index (χ0n) is 34.9. The molecule has 0 bridgehead atoms. The summed E-state index contributed by atoms with van der Waals surface area (Å²) in [5.41, 5.74) is 19.7. The van der Waals surface area contributed by atoms with Gasteiger partial charge in [0.1, 0.15) is 0 Å². The van der Waals surface area contributed by atoms with Gasteiger partial charge in [0.05, 0.1) is 5.41 Å². The summed E-state index contributed by atoms with van der Waals surface area (Å²) in [4.78, 5) is 4.74. The molecule has 10 rings (SSSR count). The van der Waals surface area contributed by atoms with E-state index in [0.717, 1.165) is 34.1 Å². The van der Waals surface area contributed by atoms with E-state index >= 15 is 0 Å². The van der Waals surface area contributed by atoms with Crippen molar-refractivity contribution >= 4 is 34.1 Å². The van der Waals surface area contributed by atoms with Gasteiger partial charge in [0.2, 0.25) is 0 Å². The smallest absolute Gasteiger partial charge is 0.0726 e. The van der Waals surface area contributed by atoms with E-state index in [1.54, 1.807) is 0 Å². The Morgan fingerprint density at radius 2 is 0.610 bits per heavy atom. The first-order valence-corrected chi connectivity index (χ1v) is 20.9. The maximum atomic E-state index is 2.53. The summed E-state index contributed by atoms with van der Waals surface area (Å²) in [6, 6.07) is 72.0. The number of hydrogen-bond acceptors (Lipinski definition) is 2. The van der Waals surface area contributed by atoms with Gasteiger partial charge < -0.3 is 9.80 Å². The maximum absolute atomic E-state index is 2.53. The van der Waals surface area contributed by atoms with Gasteiger partial charge in [0, 0.05) is 34.1 Å². The summed E-state index contributed by atoms with van der Waals surface area (Å²) in [5.74, 6) is 0. The van der Waals surface area contributed by atoms with Crippen LogP contribution in [-0.2, 0) is 16.2 Å². The number of hydrogen-bond donors (Lipinski definition) is 0. The van der Waals surface area contributed by atoms with Gasteiger partial charge in [0.15, 0.2) is 0 Å². The number of benzene rings is 8. The van der Waals surface area contributed by atoms with E-state index < -0.39 is 5.41 Å². The van der Waals surface area contributed by atoms with Crippen LogP contribution < -0.4 is 9.80 Å². The summed E-state index contributed by atoms with van der Waals surface area (Å²) in [6.45, 7) is 14.0. The minimum atomic E-state index is -0.479. The largest absolute Gasteiger partial charge is 0.311 e. The Balaban J connectivity index is 1.19. The topological polar surface area (TPSA) is 6.48 Å². The molecule has 0 aliphatic heterocycles. The second-order valence-electron chi connectivity index (χ2n) is 18.2. The first kappa shape index (κ1) is 36.7. The molecule has 0 atom stereocenters. The number of para-hydroxylation sites is 3. The van der Waals surface area contributed by atoms with Crippen molar-refractivity contribution in [2.75, 3.05) is 9.80 Å². The van der Waals surface area contributed by atoms with Gasteiger partial charge in [0.25, 0.3) is 0 Å². The van der Waals surface area contributed by atoms with E-state index in [2.05, 4.69) is 245 Å². The second-order valence-corrected chi connectivity index (χ2v) is 18.2. The van der Waals surface area contributed by atoms with E-state index in [0.29, 0.717) is 0 Å². The summed E-state index contributed by atoms with van der Waals surface area (Å²) in [6.07, 6.45) is 0. The maximum Gasteiger partial charge on any atom is 0.0726 e. The molecule has 8 aromatic rings. The van der Waals surface area contributed by atoms with Crippen LogP contribution in [0.2, 0.25) is 0 Å². The SMILES string of the molecule is CC(C)(C)c1ccc2c(c1)C1(c3ccccc3-c3ccc(N(c4ccccc4)c4ccc(N(c5ccccc5)c5ccccc5)cc4)cc31)c1cc(C(C)(C)C)ccc1-2. The average Bonchev–Trinajstić information content (AvgIpc) is 3.71. The van der Waals surface area contributed by atoms with E-state index in [4.69, 9.17) is 0 Å². The lowest BCUT2D eigenvalue weighted by Gasteiger charge is -2.34. The molecule has 0 saturated carbocycles. The highest BCUT2D eigenvalue weighted by Gasteiger charge is 2.52. The molecule has 59 heavy (non-hydrogen) atoms. The molecule has 0 amide bonds. The van der Waals surface area contributed by atoms with Gasteiger partial charge in [-0.15, -0.1) is 0 Å². The van der Waals surface area contributed by atoms with Gasteiger partial charge in [-0.2, -0.15) is 0 Å². The number of rotatable bonds is 6. The Labute approximate surface area is 350 Å². The summed E-state index contributed by atoms with van der Waals surface area (Å²) < 4.78 is 0. The van der Waals surface area contributed by atoms with E-state index in [1.165, 1.54) is 55.6 Å². The van der Waals surface area contributed by atoms with Gasteiger partial charge in [-0.3, -0.25) is 0 Å². The van der Waals surface area contributed by atoms with Crippen LogP contribution >= 0.6 is 0 Å². The van der Waals surface area contributed by atoms with Gasteiger partial charge >= 0.3 is 0 Å². The standard InChI is InChI=1S/C57H50N2/c1-55(2,3)39-26-33-48-49-34-27-40(56(4,5)6)37-53(49)57(52(48)36-39)51-25-17-16-24-47(51)50-35-32-46(38-54(50)57)59(43-22-14-9-15-23-43)45-30-28-44(29-31-45)58(41-18-10-7-11-19-41)42-20-12-8-13-21-42/h7-38H,1-6H3. The molecule has 0 fully saturated rings. The lowest BCUT2D eigenvalue weighted by molar-refractivity contribution is 0.586. The van der Waals surface area contributed by atoms with Crippen LogP contribution in [0.1, 0.15) is 74.9 Å².